The van der Waals surface area contributed by atoms with Crippen molar-refractivity contribution in [3.63, 3.8) is 0 Å². The van der Waals surface area contributed by atoms with Crippen molar-refractivity contribution in [2.75, 3.05) is 0 Å². The van der Waals surface area contributed by atoms with Gasteiger partial charge in [-0.15, -0.1) is 6.58 Å². The number of benzene rings is 1. The number of carbonyl (C=O) groups excluding carboxylic acids is 1. The average Bonchev–Trinajstić information content (AvgIpc) is 2.94. The van der Waals surface area contributed by atoms with Gasteiger partial charge in [-0.2, -0.15) is 0 Å². The second-order valence-corrected chi connectivity index (χ2v) is 5.66. The van der Waals surface area contributed by atoms with E-state index in [1.165, 1.54) is 12.1 Å². The van der Waals surface area contributed by atoms with Crippen LogP contribution in [-0.2, 0) is 13.1 Å². The average molecular weight is 312 g/mol. The molecule has 3 nitrogen and oxygen atoms in total. The fourth-order valence-corrected chi connectivity index (χ4v) is 2.28. The Balaban J connectivity index is 1.91. The van der Waals surface area contributed by atoms with Crippen molar-refractivity contribution in [1.29, 1.82) is 0 Å². The van der Waals surface area contributed by atoms with Crippen LogP contribution < -0.4 is 5.32 Å². The maximum atomic E-state index is 13.2. The van der Waals surface area contributed by atoms with E-state index >= 15 is 0 Å². The highest BCUT2D eigenvalue weighted by Gasteiger charge is 2.23. The first kappa shape index (κ1) is 16.7. The summed E-state index contributed by atoms with van der Waals surface area (Å²) < 4.78 is 13.2. The molecule has 0 radical (unpaired) electrons. The fourth-order valence-electron chi connectivity index (χ4n) is 2.28. The second kappa shape index (κ2) is 7.09. The van der Waals surface area contributed by atoms with Crippen LogP contribution in [0.5, 0.6) is 0 Å². The topological polar surface area (TPSA) is 32.3 Å². The standard InChI is InChI=1S/C19H21FN2O/c1-5-13(2)14(3)6-7-15(4)21-19(23)22-11-16-8-9-18(20)10-17(16)12-22/h5-10,13H,1,3-4,11-12H2,2H3,(H,21,23)/b7-6-. The summed E-state index contributed by atoms with van der Waals surface area (Å²) >= 11 is 0. The molecule has 4 heteroatoms. The van der Waals surface area contributed by atoms with E-state index in [1.54, 1.807) is 23.1 Å². The Bertz CT molecular complexity index is 691. The molecule has 1 aromatic carbocycles. The summed E-state index contributed by atoms with van der Waals surface area (Å²) in [6.07, 6.45) is 5.32. The van der Waals surface area contributed by atoms with Crippen molar-refractivity contribution < 1.29 is 9.18 Å². The Morgan fingerprint density at radius 3 is 2.70 bits per heavy atom. The molecule has 1 unspecified atom stereocenters. The first-order chi connectivity index (χ1) is 10.9. The molecule has 1 aliphatic heterocycles. The Morgan fingerprint density at radius 2 is 2.00 bits per heavy atom. The van der Waals surface area contributed by atoms with E-state index in [0.29, 0.717) is 18.8 Å². The molecule has 0 saturated carbocycles. The van der Waals surface area contributed by atoms with Gasteiger partial charge in [0, 0.05) is 18.8 Å². The van der Waals surface area contributed by atoms with E-state index in [-0.39, 0.29) is 17.8 Å². The normalized spacial score (nSPS) is 14.4. The van der Waals surface area contributed by atoms with Crippen molar-refractivity contribution in [2.45, 2.75) is 20.0 Å². The number of allylic oxidation sites excluding steroid dienone is 4. The molecule has 2 rings (SSSR count). The third kappa shape index (κ3) is 4.19. The lowest BCUT2D eigenvalue weighted by Gasteiger charge is -2.16. The van der Waals surface area contributed by atoms with Crippen LogP contribution in [0.3, 0.4) is 0 Å². The van der Waals surface area contributed by atoms with Gasteiger partial charge in [0.25, 0.3) is 0 Å². The largest absolute Gasteiger partial charge is 0.322 e. The molecule has 2 amide bonds. The highest BCUT2D eigenvalue weighted by atomic mass is 19.1. The molecule has 1 heterocycles. The van der Waals surface area contributed by atoms with Gasteiger partial charge in [-0.05, 0) is 40.8 Å². The molecule has 0 aromatic heterocycles. The number of rotatable bonds is 5. The number of amides is 2. The van der Waals surface area contributed by atoms with E-state index in [0.717, 1.165) is 16.7 Å². The van der Waals surface area contributed by atoms with Crippen LogP contribution in [0, 0.1) is 11.7 Å². The monoisotopic (exact) mass is 312 g/mol. The first-order valence-electron chi connectivity index (χ1n) is 7.42. The van der Waals surface area contributed by atoms with Crippen LogP contribution in [-0.4, -0.2) is 10.9 Å². The van der Waals surface area contributed by atoms with Crippen LogP contribution in [0.4, 0.5) is 9.18 Å². The van der Waals surface area contributed by atoms with E-state index < -0.39 is 0 Å². The summed E-state index contributed by atoms with van der Waals surface area (Å²) in [6.45, 7) is 14.3. The van der Waals surface area contributed by atoms with Crippen molar-refractivity contribution in [3.05, 3.63) is 84.4 Å². The van der Waals surface area contributed by atoms with Crippen LogP contribution in [0.15, 0.2) is 67.4 Å². The molecular formula is C19H21FN2O. The Labute approximate surface area is 136 Å². The third-order valence-electron chi connectivity index (χ3n) is 3.88. The van der Waals surface area contributed by atoms with Gasteiger partial charge in [-0.3, -0.25) is 0 Å². The predicted octanol–water partition coefficient (Wildman–Crippen LogP) is 4.30. The minimum Gasteiger partial charge on any atom is -0.316 e. The first-order valence-corrected chi connectivity index (χ1v) is 7.42. The molecule has 0 saturated heterocycles. The quantitative estimate of drug-likeness (QED) is 0.638. The number of hydrogen-bond donors (Lipinski definition) is 1. The van der Waals surface area contributed by atoms with Crippen LogP contribution in [0.2, 0.25) is 0 Å². The number of urea groups is 1. The molecule has 120 valence electrons. The molecule has 1 aromatic rings. The maximum Gasteiger partial charge on any atom is 0.322 e. The molecule has 0 aliphatic carbocycles. The summed E-state index contributed by atoms with van der Waals surface area (Å²) in [4.78, 5) is 13.8. The zero-order chi connectivity index (χ0) is 17.0. The zero-order valence-corrected chi connectivity index (χ0v) is 13.3. The Morgan fingerprint density at radius 1 is 1.30 bits per heavy atom. The number of fused-ring (bicyclic) bond motifs is 1. The van der Waals surface area contributed by atoms with Gasteiger partial charge in [0.05, 0.1) is 0 Å². The van der Waals surface area contributed by atoms with Gasteiger partial charge in [-0.1, -0.05) is 38.3 Å². The van der Waals surface area contributed by atoms with Gasteiger partial charge >= 0.3 is 6.03 Å². The van der Waals surface area contributed by atoms with Crippen molar-refractivity contribution in [3.8, 4) is 0 Å². The second-order valence-electron chi connectivity index (χ2n) is 5.66. The molecule has 0 bridgehead atoms. The van der Waals surface area contributed by atoms with Crippen molar-refractivity contribution in [2.24, 2.45) is 5.92 Å². The Kier molecular flexibility index (Phi) is 5.16. The Hall–Kier alpha value is -2.62. The van der Waals surface area contributed by atoms with Crippen LogP contribution in [0.1, 0.15) is 18.1 Å². The smallest absolute Gasteiger partial charge is 0.316 e. The van der Waals surface area contributed by atoms with Crippen LogP contribution >= 0.6 is 0 Å². The third-order valence-corrected chi connectivity index (χ3v) is 3.88. The lowest BCUT2D eigenvalue weighted by molar-refractivity contribution is 0.201. The maximum absolute atomic E-state index is 13.2. The predicted molar refractivity (Wildman–Crippen MR) is 91.0 cm³/mol. The van der Waals surface area contributed by atoms with Crippen molar-refractivity contribution >= 4 is 6.03 Å². The number of halogens is 1. The van der Waals surface area contributed by atoms with Gasteiger partial charge in [0.15, 0.2) is 0 Å². The molecule has 0 fully saturated rings. The number of carbonyl (C=O) groups is 1. The highest BCUT2D eigenvalue weighted by molar-refractivity contribution is 5.77. The summed E-state index contributed by atoms with van der Waals surface area (Å²) in [5.74, 6) is -0.120. The minimum absolute atomic E-state index is 0.165. The zero-order valence-electron chi connectivity index (χ0n) is 13.3. The molecule has 23 heavy (non-hydrogen) atoms. The van der Waals surface area contributed by atoms with Crippen molar-refractivity contribution in [1.82, 2.24) is 10.2 Å². The molecule has 1 N–H and O–H groups in total. The molecule has 1 aliphatic rings. The van der Waals surface area contributed by atoms with Gasteiger partial charge in [0.2, 0.25) is 0 Å². The minimum atomic E-state index is -0.284. The molecule has 0 spiro atoms. The van der Waals surface area contributed by atoms with Crippen LogP contribution in [0.25, 0.3) is 0 Å². The van der Waals surface area contributed by atoms with Gasteiger partial charge in [0.1, 0.15) is 5.82 Å². The van der Waals surface area contributed by atoms with Gasteiger partial charge in [-0.25, -0.2) is 9.18 Å². The summed E-state index contributed by atoms with van der Waals surface area (Å²) in [5.41, 5.74) is 3.18. The number of nitrogens with one attached hydrogen (secondary N) is 1. The van der Waals surface area contributed by atoms with Gasteiger partial charge < -0.3 is 10.2 Å². The summed E-state index contributed by atoms with van der Waals surface area (Å²) in [7, 11) is 0. The van der Waals surface area contributed by atoms with E-state index in [2.05, 4.69) is 25.1 Å². The lowest BCUT2D eigenvalue weighted by atomic mass is 10.0. The number of nitrogens with zero attached hydrogens (tertiary/aromatic N) is 1. The van der Waals surface area contributed by atoms with E-state index in [1.807, 2.05) is 13.0 Å². The van der Waals surface area contributed by atoms with E-state index in [4.69, 9.17) is 0 Å². The summed E-state index contributed by atoms with van der Waals surface area (Å²) in [6, 6.07) is 4.35. The molecular weight excluding hydrogens is 291 g/mol. The van der Waals surface area contributed by atoms with E-state index in [9.17, 15) is 9.18 Å². The molecule has 1 atom stereocenters. The SMILES string of the molecule is C=CC(C)C(=C)/C=C\C(=C)NC(=O)N1Cc2ccc(F)cc2C1. The highest BCUT2D eigenvalue weighted by Crippen LogP contribution is 2.23. The fraction of sp³-hybridized carbons (Fsp3) is 0.211. The summed E-state index contributed by atoms with van der Waals surface area (Å²) in [5, 5.41) is 2.73. The lowest BCUT2D eigenvalue weighted by Crippen LogP contribution is -2.35. The number of hydrogen-bond acceptors (Lipinski definition) is 1.